The van der Waals surface area contributed by atoms with Crippen molar-refractivity contribution in [3.63, 3.8) is 0 Å². The lowest BCUT2D eigenvalue weighted by atomic mass is 9.82. The first-order chi connectivity index (χ1) is 19.8. The van der Waals surface area contributed by atoms with Crippen molar-refractivity contribution in [2.75, 3.05) is 24.6 Å². The normalized spacial score (nSPS) is 15.8. The lowest BCUT2D eigenvalue weighted by molar-refractivity contribution is 0.0604. The molecule has 42 heavy (non-hydrogen) atoms. The van der Waals surface area contributed by atoms with Gasteiger partial charge in [-0.15, -0.1) is 0 Å². The van der Waals surface area contributed by atoms with E-state index in [1.54, 1.807) is 24.3 Å². The van der Waals surface area contributed by atoms with Gasteiger partial charge in [-0.3, -0.25) is 33.5 Å². The molecule has 12 nitrogen and oxygen atoms in total. The van der Waals surface area contributed by atoms with Crippen molar-refractivity contribution in [1.82, 2.24) is 9.80 Å². The number of amides is 4. The van der Waals surface area contributed by atoms with Crippen LogP contribution in [0.4, 0.5) is 0 Å². The van der Waals surface area contributed by atoms with E-state index >= 15 is 0 Å². The minimum atomic E-state index is -4.67. The highest BCUT2D eigenvalue weighted by Crippen LogP contribution is 2.46. The van der Waals surface area contributed by atoms with Gasteiger partial charge in [0, 0.05) is 46.1 Å². The standard InChI is InChI=1S/C28H18N2O10S2/c31-25-17-5-1-13-14-2-6-19-24-20(28(34)30(27(19)33)10-12-42(38,39)40)8-4-16(22(14)24)15-3-7-18(23(17)21(13)15)26(32)29(25)9-11-41(35,36)37/h1-8H,9-12H2,(H,35,36,37)(H,38,39,40)/p-1. The minimum absolute atomic E-state index is 0.169. The number of hydrogen-bond donors (Lipinski definition) is 1. The Balaban J connectivity index is 1.47. The molecule has 212 valence electrons. The summed E-state index contributed by atoms with van der Waals surface area (Å²) in [4.78, 5) is 54.9. The largest absolute Gasteiger partial charge is 0.748 e. The minimum Gasteiger partial charge on any atom is -0.748 e. The van der Waals surface area contributed by atoms with Gasteiger partial charge in [0.05, 0.1) is 21.6 Å². The molecule has 5 aromatic rings. The second-order valence-corrected chi connectivity index (χ2v) is 13.3. The summed E-state index contributed by atoms with van der Waals surface area (Å²) >= 11 is 0. The molecule has 4 amide bonds. The van der Waals surface area contributed by atoms with Crippen LogP contribution in [0.25, 0.3) is 43.1 Å². The molecular weight excluding hydrogens is 588 g/mol. The maximum atomic E-state index is 13.3. The molecule has 0 unspecified atom stereocenters. The zero-order valence-electron chi connectivity index (χ0n) is 21.3. The predicted molar refractivity (Wildman–Crippen MR) is 149 cm³/mol. The van der Waals surface area contributed by atoms with Gasteiger partial charge in [0.15, 0.2) is 0 Å². The van der Waals surface area contributed by atoms with Crippen LogP contribution in [0.1, 0.15) is 41.4 Å². The smallest absolute Gasteiger partial charge is 0.266 e. The van der Waals surface area contributed by atoms with Crippen LogP contribution in [0.15, 0.2) is 48.5 Å². The van der Waals surface area contributed by atoms with Gasteiger partial charge >= 0.3 is 0 Å². The monoisotopic (exact) mass is 605 g/mol. The molecular formula is C28H17N2O10S2-. The van der Waals surface area contributed by atoms with Gasteiger partial charge in [0.1, 0.15) is 0 Å². The number of imide groups is 2. The second-order valence-electron chi connectivity index (χ2n) is 10.2. The average Bonchev–Trinajstić information content (AvgIpc) is 2.92. The zero-order valence-corrected chi connectivity index (χ0v) is 22.9. The van der Waals surface area contributed by atoms with Crippen LogP contribution in [-0.2, 0) is 20.2 Å². The fraction of sp³-hybridized carbons (Fsp3) is 0.143. The van der Waals surface area contributed by atoms with Crippen molar-refractivity contribution in [2.24, 2.45) is 0 Å². The van der Waals surface area contributed by atoms with Crippen molar-refractivity contribution in [1.29, 1.82) is 0 Å². The molecule has 5 aromatic carbocycles. The second kappa shape index (κ2) is 8.51. The van der Waals surface area contributed by atoms with E-state index in [0.717, 1.165) is 9.80 Å². The molecule has 0 atom stereocenters. The Morgan fingerprint density at radius 3 is 1.12 bits per heavy atom. The molecule has 0 fully saturated rings. The SMILES string of the molecule is O=C1c2ccc3c4ccc5c6c(ccc(c7ccc(c2c37)C(=O)N1CCS(=O)(=O)[O-])c64)C(=O)N(CCS(=O)(=O)O)C5=O. The van der Waals surface area contributed by atoms with Crippen LogP contribution < -0.4 is 0 Å². The van der Waals surface area contributed by atoms with E-state index in [-0.39, 0.29) is 22.3 Å². The Bertz CT molecular complexity index is 2060. The van der Waals surface area contributed by atoms with Gasteiger partial charge < -0.3 is 4.55 Å². The molecule has 2 aliphatic rings. The Labute approximate surface area is 236 Å². The average molecular weight is 606 g/mol. The Morgan fingerprint density at radius 1 is 0.524 bits per heavy atom. The first kappa shape index (κ1) is 26.4. The zero-order chi connectivity index (χ0) is 29.9. The highest BCUT2D eigenvalue weighted by molar-refractivity contribution is 7.86. The number of nitrogens with zero attached hydrogens (tertiary/aromatic N) is 2. The van der Waals surface area contributed by atoms with Crippen LogP contribution in [0, 0.1) is 0 Å². The number of carbonyl (C=O) groups is 4. The van der Waals surface area contributed by atoms with Crippen molar-refractivity contribution in [3.8, 4) is 0 Å². The maximum absolute atomic E-state index is 13.3. The molecule has 2 heterocycles. The van der Waals surface area contributed by atoms with E-state index < -0.39 is 68.5 Å². The molecule has 1 N–H and O–H groups in total. The van der Waals surface area contributed by atoms with Crippen LogP contribution in [0.3, 0.4) is 0 Å². The lowest BCUT2D eigenvalue weighted by Crippen LogP contribution is -2.43. The van der Waals surface area contributed by atoms with Gasteiger partial charge in [0.2, 0.25) is 0 Å². The fourth-order valence-corrected chi connectivity index (χ4v) is 7.00. The van der Waals surface area contributed by atoms with Crippen molar-refractivity contribution < 1.29 is 45.1 Å². The van der Waals surface area contributed by atoms with E-state index in [0.29, 0.717) is 43.1 Å². The highest BCUT2D eigenvalue weighted by Gasteiger charge is 2.37. The fourth-order valence-electron chi connectivity index (χ4n) is 6.18. The summed E-state index contributed by atoms with van der Waals surface area (Å²) in [5.74, 6) is -4.57. The third-order valence-electron chi connectivity index (χ3n) is 7.94. The van der Waals surface area contributed by atoms with E-state index in [4.69, 9.17) is 4.55 Å². The molecule has 0 aliphatic carbocycles. The van der Waals surface area contributed by atoms with Gasteiger partial charge in [-0.25, -0.2) is 8.42 Å². The number of carbonyl (C=O) groups excluding carboxylic acids is 4. The molecule has 0 saturated heterocycles. The molecule has 0 aromatic heterocycles. The summed E-state index contributed by atoms with van der Waals surface area (Å²) in [5, 5.41) is 4.55. The first-order valence-electron chi connectivity index (χ1n) is 12.6. The van der Waals surface area contributed by atoms with E-state index in [1.165, 1.54) is 24.3 Å². The van der Waals surface area contributed by atoms with Crippen molar-refractivity contribution in [3.05, 3.63) is 70.8 Å². The van der Waals surface area contributed by atoms with Gasteiger partial charge in [-0.05, 0) is 56.6 Å². The quantitative estimate of drug-likeness (QED) is 0.130. The summed E-state index contributed by atoms with van der Waals surface area (Å²) in [6, 6.07) is 12.8. The molecule has 7 rings (SSSR count). The lowest BCUT2D eigenvalue weighted by Gasteiger charge is -2.30. The van der Waals surface area contributed by atoms with E-state index in [1.807, 2.05) is 0 Å². The molecule has 2 aliphatic heterocycles. The van der Waals surface area contributed by atoms with Crippen LogP contribution in [0.5, 0.6) is 0 Å². The molecule has 0 bridgehead atoms. The molecule has 0 saturated carbocycles. The Morgan fingerprint density at radius 2 is 0.833 bits per heavy atom. The van der Waals surface area contributed by atoms with Crippen LogP contribution in [-0.4, -0.2) is 84.0 Å². The van der Waals surface area contributed by atoms with Gasteiger partial charge in [0.25, 0.3) is 33.7 Å². The van der Waals surface area contributed by atoms with E-state index in [9.17, 15) is 40.6 Å². The van der Waals surface area contributed by atoms with Gasteiger partial charge in [-0.2, -0.15) is 8.42 Å². The summed E-state index contributed by atoms with van der Waals surface area (Å²) in [5.41, 5.74) is 0.706. The number of rotatable bonds is 6. The number of benzene rings is 5. The third-order valence-corrected chi connectivity index (χ3v) is 9.32. The molecule has 0 radical (unpaired) electrons. The number of hydrogen-bond acceptors (Lipinski definition) is 9. The van der Waals surface area contributed by atoms with E-state index in [2.05, 4.69) is 0 Å². The highest BCUT2D eigenvalue weighted by atomic mass is 32.2. The summed E-state index contributed by atoms with van der Waals surface area (Å²) in [7, 11) is -9.10. The predicted octanol–water partition coefficient (Wildman–Crippen LogP) is 2.36. The molecule has 14 heteroatoms. The van der Waals surface area contributed by atoms with Gasteiger partial charge in [-0.1, -0.05) is 24.3 Å². The summed E-state index contributed by atoms with van der Waals surface area (Å²) < 4.78 is 65.3. The van der Waals surface area contributed by atoms with Crippen molar-refractivity contribution in [2.45, 2.75) is 0 Å². The Hall–Kier alpha value is -4.50. The summed E-state index contributed by atoms with van der Waals surface area (Å²) in [6.45, 7) is -1.10. The first-order valence-corrected chi connectivity index (χ1v) is 15.8. The topological polar surface area (TPSA) is 186 Å². The maximum Gasteiger partial charge on any atom is 0.266 e. The molecule has 0 spiro atoms. The number of fused-ring (bicyclic) bond motifs is 2. The van der Waals surface area contributed by atoms with Crippen LogP contribution in [0.2, 0.25) is 0 Å². The third kappa shape index (κ3) is 3.66. The Kier molecular flexibility index (Phi) is 5.35. The van der Waals surface area contributed by atoms with Crippen molar-refractivity contribution >= 4 is 87.0 Å². The van der Waals surface area contributed by atoms with Crippen LogP contribution >= 0.6 is 0 Å². The summed E-state index contributed by atoms with van der Waals surface area (Å²) in [6.07, 6.45) is 0.